The zero-order valence-electron chi connectivity index (χ0n) is 10.1. The molecule has 1 aromatic rings. The Morgan fingerprint density at radius 1 is 1.56 bits per heavy atom. The summed E-state index contributed by atoms with van der Waals surface area (Å²) >= 11 is 0. The molecule has 16 heavy (non-hydrogen) atoms. The van der Waals surface area contributed by atoms with Gasteiger partial charge in [-0.1, -0.05) is 6.07 Å². The van der Waals surface area contributed by atoms with Gasteiger partial charge in [0.15, 0.2) is 0 Å². The first-order chi connectivity index (χ1) is 7.69. The molecule has 1 N–H and O–H groups in total. The van der Waals surface area contributed by atoms with Crippen molar-refractivity contribution in [2.24, 2.45) is 0 Å². The van der Waals surface area contributed by atoms with Crippen LogP contribution in [0.5, 0.6) is 0 Å². The Labute approximate surface area is 96.5 Å². The highest BCUT2D eigenvalue weighted by Crippen LogP contribution is 2.39. The van der Waals surface area contributed by atoms with Crippen LogP contribution >= 0.6 is 0 Å². The predicted octanol–water partition coefficient (Wildman–Crippen LogP) is 2.36. The third-order valence-corrected chi connectivity index (χ3v) is 3.60. The van der Waals surface area contributed by atoms with Gasteiger partial charge in [-0.25, -0.2) is 4.39 Å². The van der Waals surface area contributed by atoms with Crippen LogP contribution in [0.2, 0.25) is 0 Å². The van der Waals surface area contributed by atoms with E-state index in [2.05, 4.69) is 24.1 Å². The maximum absolute atomic E-state index is 13.9. The second-order valence-corrected chi connectivity index (χ2v) is 4.40. The number of benzene rings is 1. The third kappa shape index (κ3) is 1.69. The van der Waals surface area contributed by atoms with Crippen molar-refractivity contribution < 1.29 is 4.39 Å². The minimum Gasteiger partial charge on any atom is -0.371 e. The summed E-state index contributed by atoms with van der Waals surface area (Å²) in [5, 5.41) is 3.23. The van der Waals surface area contributed by atoms with Crippen molar-refractivity contribution in [1.29, 1.82) is 0 Å². The first-order valence-corrected chi connectivity index (χ1v) is 5.89. The molecule has 2 rings (SSSR count). The monoisotopic (exact) mass is 222 g/mol. The molecule has 0 saturated heterocycles. The molecule has 1 aromatic carbocycles. The smallest absolute Gasteiger partial charge is 0.128 e. The lowest BCUT2D eigenvalue weighted by molar-refractivity contribution is 0.490. The molecule has 0 aliphatic carbocycles. The fraction of sp³-hybridized carbons (Fsp3) is 0.538. The zero-order valence-corrected chi connectivity index (χ0v) is 10.1. The van der Waals surface area contributed by atoms with Crippen molar-refractivity contribution in [3.8, 4) is 0 Å². The lowest BCUT2D eigenvalue weighted by Gasteiger charge is -2.20. The number of nitrogens with zero attached hydrogens (tertiary/aromatic N) is 1. The van der Waals surface area contributed by atoms with Gasteiger partial charge in [0, 0.05) is 36.3 Å². The van der Waals surface area contributed by atoms with Crippen LogP contribution in [0.4, 0.5) is 10.1 Å². The molecule has 1 aliphatic heterocycles. The van der Waals surface area contributed by atoms with Crippen LogP contribution in [0.3, 0.4) is 0 Å². The Morgan fingerprint density at radius 3 is 2.94 bits per heavy atom. The van der Waals surface area contributed by atoms with Crippen LogP contribution in [0, 0.1) is 5.82 Å². The highest BCUT2D eigenvalue weighted by Gasteiger charge is 2.33. The van der Waals surface area contributed by atoms with Crippen molar-refractivity contribution in [2.75, 3.05) is 25.0 Å². The Hall–Kier alpha value is -1.09. The lowest BCUT2D eigenvalue weighted by Crippen LogP contribution is -2.32. The minimum atomic E-state index is -0.0689. The normalized spacial score (nSPS) is 21.0. The van der Waals surface area contributed by atoms with Crippen molar-refractivity contribution in [3.05, 3.63) is 29.6 Å². The number of anilines is 1. The van der Waals surface area contributed by atoms with E-state index in [1.54, 1.807) is 12.1 Å². The quantitative estimate of drug-likeness (QED) is 0.844. The Morgan fingerprint density at radius 2 is 2.31 bits per heavy atom. The predicted molar refractivity (Wildman–Crippen MR) is 65.5 cm³/mol. The average molecular weight is 222 g/mol. The molecule has 2 nitrogen and oxygen atoms in total. The number of likely N-dealkylation sites (N-methyl/N-ethyl adjacent to an activating group) is 2. The van der Waals surface area contributed by atoms with Crippen LogP contribution in [0.25, 0.3) is 0 Å². The van der Waals surface area contributed by atoms with Crippen molar-refractivity contribution in [3.63, 3.8) is 0 Å². The van der Waals surface area contributed by atoms with Crippen LogP contribution in [-0.4, -0.2) is 26.2 Å². The fourth-order valence-electron chi connectivity index (χ4n) is 2.50. The van der Waals surface area contributed by atoms with Crippen LogP contribution < -0.4 is 10.2 Å². The van der Waals surface area contributed by atoms with Gasteiger partial charge in [-0.2, -0.15) is 0 Å². The van der Waals surface area contributed by atoms with Gasteiger partial charge in [-0.05, 0) is 33.0 Å². The summed E-state index contributed by atoms with van der Waals surface area (Å²) in [7, 11) is 1.93. The van der Waals surface area contributed by atoms with Gasteiger partial charge in [0.05, 0.1) is 0 Å². The van der Waals surface area contributed by atoms with Gasteiger partial charge in [-0.3, -0.25) is 0 Å². The molecule has 1 heterocycles. The van der Waals surface area contributed by atoms with Crippen LogP contribution in [0.15, 0.2) is 18.2 Å². The molecule has 2 unspecified atom stereocenters. The molecule has 0 amide bonds. The number of hydrogen-bond donors (Lipinski definition) is 1. The molecular weight excluding hydrogens is 203 g/mol. The number of halogens is 1. The first-order valence-electron chi connectivity index (χ1n) is 5.89. The lowest BCUT2D eigenvalue weighted by atomic mass is 9.94. The van der Waals surface area contributed by atoms with E-state index in [9.17, 15) is 4.39 Å². The summed E-state index contributed by atoms with van der Waals surface area (Å²) in [4.78, 5) is 2.25. The van der Waals surface area contributed by atoms with Crippen molar-refractivity contribution >= 4 is 5.69 Å². The molecule has 0 saturated carbocycles. The third-order valence-electron chi connectivity index (χ3n) is 3.60. The molecule has 2 atom stereocenters. The highest BCUT2D eigenvalue weighted by atomic mass is 19.1. The van der Waals surface area contributed by atoms with E-state index in [4.69, 9.17) is 0 Å². The summed E-state index contributed by atoms with van der Waals surface area (Å²) in [5.41, 5.74) is 1.95. The van der Waals surface area contributed by atoms with E-state index in [1.807, 2.05) is 13.1 Å². The average Bonchev–Trinajstić information content (AvgIpc) is 2.68. The second-order valence-electron chi connectivity index (χ2n) is 4.40. The number of hydrogen-bond acceptors (Lipinski definition) is 2. The van der Waals surface area contributed by atoms with E-state index in [-0.39, 0.29) is 11.7 Å². The fourth-order valence-corrected chi connectivity index (χ4v) is 2.50. The van der Waals surface area contributed by atoms with Gasteiger partial charge >= 0.3 is 0 Å². The van der Waals surface area contributed by atoms with Gasteiger partial charge < -0.3 is 10.2 Å². The van der Waals surface area contributed by atoms with E-state index in [0.717, 1.165) is 24.3 Å². The summed E-state index contributed by atoms with van der Waals surface area (Å²) in [6.07, 6.45) is 0. The van der Waals surface area contributed by atoms with Gasteiger partial charge in [-0.15, -0.1) is 0 Å². The van der Waals surface area contributed by atoms with Crippen molar-refractivity contribution in [2.45, 2.75) is 25.8 Å². The van der Waals surface area contributed by atoms with Gasteiger partial charge in [0.2, 0.25) is 0 Å². The summed E-state index contributed by atoms with van der Waals surface area (Å²) in [6.45, 7) is 6.07. The molecule has 0 bridgehead atoms. The van der Waals surface area contributed by atoms with Crippen LogP contribution in [0.1, 0.15) is 25.3 Å². The zero-order chi connectivity index (χ0) is 11.7. The van der Waals surface area contributed by atoms with E-state index in [0.29, 0.717) is 6.04 Å². The highest BCUT2D eigenvalue weighted by molar-refractivity contribution is 5.61. The topological polar surface area (TPSA) is 15.3 Å². The Bertz CT molecular complexity index is 378. The molecule has 3 heteroatoms. The molecule has 0 fully saturated rings. The molecule has 0 spiro atoms. The largest absolute Gasteiger partial charge is 0.371 e. The van der Waals surface area contributed by atoms with Crippen LogP contribution in [-0.2, 0) is 0 Å². The summed E-state index contributed by atoms with van der Waals surface area (Å²) < 4.78 is 13.9. The van der Waals surface area contributed by atoms with E-state index < -0.39 is 0 Å². The SMILES string of the molecule is CCN1CC(C(C)NC)c2c(F)cccc21. The molecule has 0 radical (unpaired) electrons. The summed E-state index contributed by atoms with van der Waals surface area (Å²) in [5.74, 6) is 0.182. The second kappa shape index (κ2) is 4.42. The number of rotatable bonds is 3. The van der Waals surface area contributed by atoms with Gasteiger partial charge in [0.1, 0.15) is 5.82 Å². The maximum Gasteiger partial charge on any atom is 0.128 e. The molecule has 1 aliphatic rings. The van der Waals surface area contributed by atoms with Crippen molar-refractivity contribution in [1.82, 2.24) is 5.32 Å². The molecule has 88 valence electrons. The molecule has 0 aromatic heterocycles. The van der Waals surface area contributed by atoms with Gasteiger partial charge in [0.25, 0.3) is 0 Å². The van der Waals surface area contributed by atoms with E-state index in [1.165, 1.54) is 0 Å². The summed E-state index contributed by atoms with van der Waals surface area (Å²) in [6, 6.07) is 5.67. The number of fused-ring (bicyclic) bond motifs is 1. The van der Waals surface area contributed by atoms with E-state index >= 15 is 0 Å². The number of nitrogens with one attached hydrogen (secondary N) is 1. The first kappa shape index (κ1) is 11.4. The maximum atomic E-state index is 13.9. The Balaban J connectivity index is 2.43. The Kier molecular flexibility index (Phi) is 3.15. The molecular formula is C13H19FN2. The standard InChI is InChI=1S/C13H19FN2/c1-4-16-8-10(9(2)15-3)13-11(14)6-5-7-12(13)16/h5-7,9-10,15H,4,8H2,1-3H3. The minimum absolute atomic E-state index is 0.0689.